The second kappa shape index (κ2) is 5.61. The molecule has 19 heavy (non-hydrogen) atoms. The summed E-state index contributed by atoms with van der Waals surface area (Å²) in [5.41, 5.74) is 0.916. The van der Waals surface area contributed by atoms with Crippen LogP contribution in [0.4, 0.5) is 15.9 Å². The number of aromatic nitrogens is 1. The van der Waals surface area contributed by atoms with Crippen LogP contribution in [0.5, 0.6) is 0 Å². The molecular weight excluding hydrogens is 243 g/mol. The molecule has 1 heterocycles. The molecule has 0 aliphatic carbocycles. The molecule has 0 N–H and O–H groups in total. The van der Waals surface area contributed by atoms with Gasteiger partial charge in [0.25, 0.3) is 0 Å². The molecule has 2 rings (SSSR count). The van der Waals surface area contributed by atoms with E-state index in [-0.39, 0.29) is 11.6 Å². The average Bonchev–Trinajstić information content (AvgIpc) is 2.42. The number of anilines is 2. The van der Waals surface area contributed by atoms with Crippen LogP contribution in [0.1, 0.15) is 24.2 Å². The lowest BCUT2D eigenvalue weighted by molar-refractivity contribution is 0.101. The van der Waals surface area contributed by atoms with Gasteiger partial charge in [0.15, 0.2) is 5.78 Å². The highest BCUT2D eigenvalue weighted by Gasteiger charge is 2.17. The SMILES string of the molecule is CCN(c1ccccc1F)c1ncccc1C(C)=O. The number of pyridine rings is 1. The van der Waals surface area contributed by atoms with Crippen LogP contribution in [0.25, 0.3) is 0 Å². The zero-order chi connectivity index (χ0) is 13.8. The number of halogens is 1. The number of nitrogens with zero attached hydrogens (tertiary/aromatic N) is 2. The summed E-state index contributed by atoms with van der Waals surface area (Å²) in [4.78, 5) is 17.6. The molecular formula is C15H15FN2O. The fourth-order valence-electron chi connectivity index (χ4n) is 1.99. The highest BCUT2D eigenvalue weighted by molar-refractivity contribution is 5.99. The lowest BCUT2D eigenvalue weighted by Gasteiger charge is -2.24. The molecule has 2 aromatic rings. The molecule has 0 amide bonds. The monoisotopic (exact) mass is 258 g/mol. The Labute approximate surface area is 111 Å². The van der Waals surface area contributed by atoms with Gasteiger partial charge in [0.2, 0.25) is 0 Å². The van der Waals surface area contributed by atoms with E-state index in [0.29, 0.717) is 23.6 Å². The van der Waals surface area contributed by atoms with Crippen molar-refractivity contribution >= 4 is 17.3 Å². The summed E-state index contributed by atoms with van der Waals surface area (Å²) in [7, 11) is 0. The Morgan fingerprint density at radius 1 is 1.26 bits per heavy atom. The average molecular weight is 258 g/mol. The number of rotatable bonds is 4. The van der Waals surface area contributed by atoms with Gasteiger partial charge >= 0.3 is 0 Å². The Hall–Kier alpha value is -2.23. The maximum atomic E-state index is 13.9. The zero-order valence-corrected chi connectivity index (χ0v) is 10.9. The van der Waals surface area contributed by atoms with Crippen molar-refractivity contribution < 1.29 is 9.18 Å². The third-order valence-corrected chi connectivity index (χ3v) is 2.88. The number of ketones is 1. The Morgan fingerprint density at radius 2 is 2.00 bits per heavy atom. The van der Waals surface area contributed by atoms with E-state index >= 15 is 0 Å². The maximum Gasteiger partial charge on any atom is 0.163 e. The lowest BCUT2D eigenvalue weighted by Crippen LogP contribution is -2.21. The summed E-state index contributed by atoms with van der Waals surface area (Å²) in [5, 5.41) is 0. The quantitative estimate of drug-likeness (QED) is 0.786. The summed E-state index contributed by atoms with van der Waals surface area (Å²) < 4.78 is 13.9. The van der Waals surface area contributed by atoms with E-state index < -0.39 is 0 Å². The van der Waals surface area contributed by atoms with Crippen molar-refractivity contribution in [2.75, 3.05) is 11.4 Å². The molecule has 0 saturated carbocycles. The van der Waals surface area contributed by atoms with Gasteiger partial charge in [0.1, 0.15) is 11.6 Å². The normalized spacial score (nSPS) is 10.3. The summed E-state index contributed by atoms with van der Waals surface area (Å²) in [6, 6.07) is 9.88. The number of hydrogen-bond donors (Lipinski definition) is 0. The molecule has 0 spiro atoms. The van der Waals surface area contributed by atoms with E-state index in [4.69, 9.17) is 0 Å². The van der Waals surface area contributed by atoms with Crippen molar-refractivity contribution in [2.45, 2.75) is 13.8 Å². The van der Waals surface area contributed by atoms with Crippen molar-refractivity contribution in [3.63, 3.8) is 0 Å². The van der Waals surface area contributed by atoms with Crippen LogP contribution in [-0.4, -0.2) is 17.3 Å². The minimum Gasteiger partial charge on any atom is -0.324 e. The third-order valence-electron chi connectivity index (χ3n) is 2.88. The zero-order valence-electron chi connectivity index (χ0n) is 10.9. The Balaban J connectivity index is 2.55. The van der Waals surface area contributed by atoms with Crippen molar-refractivity contribution in [1.82, 2.24) is 4.98 Å². The number of carbonyl (C=O) groups is 1. The molecule has 3 nitrogen and oxygen atoms in total. The summed E-state index contributed by atoms with van der Waals surface area (Å²) in [6.07, 6.45) is 1.60. The minimum atomic E-state index is -0.329. The fraction of sp³-hybridized carbons (Fsp3) is 0.200. The predicted molar refractivity (Wildman–Crippen MR) is 73.3 cm³/mol. The van der Waals surface area contributed by atoms with E-state index in [9.17, 15) is 9.18 Å². The Bertz CT molecular complexity index is 598. The topological polar surface area (TPSA) is 33.2 Å². The highest BCUT2D eigenvalue weighted by atomic mass is 19.1. The molecule has 1 aromatic heterocycles. The molecule has 0 unspecified atom stereocenters. The van der Waals surface area contributed by atoms with E-state index in [1.54, 1.807) is 41.4 Å². The van der Waals surface area contributed by atoms with Crippen molar-refractivity contribution in [3.8, 4) is 0 Å². The number of para-hydroxylation sites is 1. The summed E-state index contributed by atoms with van der Waals surface area (Å²) in [6.45, 7) is 3.90. The molecule has 0 saturated heterocycles. The highest BCUT2D eigenvalue weighted by Crippen LogP contribution is 2.28. The smallest absolute Gasteiger partial charge is 0.163 e. The maximum absolute atomic E-state index is 13.9. The standard InChI is InChI=1S/C15H15FN2O/c1-3-18(14-9-5-4-8-13(14)16)15-12(11(2)19)7-6-10-17-15/h4-10H,3H2,1-2H3. The number of hydrogen-bond acceptors (Lipinski definition) is 3. The first kappa shape index (κ1) is 13.2. The molecule has 4 heteroatoms. The first-order valence-corrected chi connectivity index (χ1v) is 6.13. The largest absolute Gasteiger partial charge is 0.324 e. The molecule has 0 aliphatic rings. The third kappa shape index (κ3) is 2.62. The van der Waals surface area contributed by atoms with Crippen LogP contribution < -0.4 is 4.90 Å². The first-order valence-electron chi connectivity index (χ1n) is 6.13. The van der Waals surface area contributed by atoms with Crippen LogP contribution in [0.2, 0.25) is 0 Å². The summed E-state index contributed by atoms with van der Waals surface area (Å²) in [5.74, 6) is 0.0741. The van der Waals surface area contributed by atoms with Gasteiger partial charge in [0.05, 0.1) is 11.3 Å². The van der Waals surface area contributed by atoms with Gasteiger partial charge in [-0.3, -0.25) is 4.79 Å². The number of Topliss-reactive ketones (excluding diaryl/α,β-unsaturated/α-hetero) is 1. The van der Waals surface area contributed by atoms with E-state index in [0.717, 1.165) is 0 Å². The molecule has 0 fully saturated rings. The predicted octanol–water partition coefficient (Wildman–Crippen LogP) is 3.58. The lowest BCUT2D eigenvalue weighted by atomic mass is 10.1. The van der Waals surface area contributed by atoms with Gasteiger partial charge < -0.3 is 4.90 Å². The van der Waals surface area contributed by atoms with Gasteiger partial charge in [-0.2, -0.15) is 0 Å². The van der Waals surface area contributed by atoms with Gasteiger partial charge in [-0.1, -0.05) is 12.1 Å². The fourth-order valence-corrected chi connectivity index (χ4v) is 1.99. The van der Waals surface area contributed by atoms with Gasteiger partial charge in [-0.25, -0.2) is 9.37 Å². The second-order valence-electron chi connectivity index (χ2n) is 4.13. The van der Waals surface area contributed by atoms with Gasteiger partial charge in [-0.05, 0) is 38.1 Å². The second-order valence-corrected chi connectivity index (χ2v) is 4.13. The molecule has 0 atom stereocenters. The Kier molecular flexibility index (Phi) is 3.90. The van der Waals surface area contributed by atoms with Gasteiger partial charge in [0, 0.05) is 12.7 Å². The summed E-state index contributed by atoms with van der Waals surface area (Å²) >= 11 is 0. The number of benzene rings is 1. The van der Waals surface area contributed by atoms with Crippen LogP contribution in [0, 0.1) is 5.82 Å². The molecule has 0 radical (unpaired) electrons. The van der Waals surface area contributed by atoms with Gasteiger partial charge in [-0.15, -0.1) is 0 Å². The van der Waals surface area contributed by atoms with E-state index in [2.05, 4.69) is 4.98 Å². The van der Waals surface area contributed by atoms with Crippen LogP contribution >= 0.6 is 0 Å². The molecule has 0 aliphatic heterocycles. The Morgan fingerprint density at radius 3 is 2.63 bits per heavy atom. The van der Waals surface area contributed by atoms with Crippen LogP contribution in [-0.2, 0) is 0 Å². The first-order chi connectivity index (χ1) is 9.15. The molecule has 0 bridgehead atoms. The van der Waals surface area contributed by atoms with Crippen LogP contribution in [0.15, 0.2) is 42.6 Å². The van der Waals surface area contributed by atoms with Crippen molar-refractivity contribution in [2.24, 2.45) is 0 Å². The van der Waals surface area contributed by atoms with E-state index in [1.165, 1.54) is 13.0 Å². The van der Waals surface area contributed by atoms with Crippen LogP contribution in [0.3, 0.4) is 0 Å². The van der Waals surface area contributed by atoms with Crippen molar-refractivity contribution in [3.05, 3.63) is 54.0 Å². The van der Waals surface area contributed by atoms with Crippen molar-refractivity contribution in [1.29, 1.82) is 0 Å². The van der Waals surface area contributed by atoms with E-state index in [1.807, 2.05) is 6.92 Å². The minimum absolute atomic E-state index is 0.0853. The molecule has 1 aromatic carbocycles. The molecule has 98 valence electrons. The number of carbonyl (C=O) groups excluding carboxylic acids is 1.